The Labute approximate surface area is 115 Å². The Bertz CT molecular complexity index is 379. The number of ether oxygens (including phenoxy) is 1. The van der Waals surface area contributed by atoms with E-state index in [0.29, 0.717) is 25.5 Å². The number of nitrogens with two attached hydrogens (primary N) is 1. The van der Waals surface area contributed by atoms with Crippen LogP contribution in [-0.4, -0.2) is 37.0 Å². The van der Waals surface area contributed by atoms with Crippen molar-refractivity contribution >= 4 is 5.91 Å². The lowest BCUT2D eigenvalue weighted by Gasteiger charge is -2.22. The molecule has 0 fully saturated rings. The van der Waals surface area contributed by atoms with Crippen LogP contribution in [0.1, 0.15) is 20.3 Å². The first-order chi connectivity index (χ1) is 9.00. The number of amides is 1. The van der Waals surface area contributed by atoms with Gasteiger partial charge in [-0.1, -0.05) is 32.0 Å². The summed E-state index contributed by atoms with van der Waals surface area (Å²) in [5.74, 6) is 1.22. The lowest BCUT2D eigenvalue weighted by Crippen LogP contribution is -2.43. The summed E-state index contributed by atoms with van der Waals surface area (Å²) in [6.45, 7) is 5.14. The summed E-state index contributed by atoms with van der Waals surface area (Å²) in [6.07, 6.45) is 0.711. The lowest BCUT2D eigenvalue weighted by molar-refractivity contribution is -0.131. The first-order valence-corrected chi connectivity index (χ1v) is 6.69. The molecule has 0 aliphatic heterocycles. The van der Waals surface area contributed by atoms with Gasteiger partial charge in [0.05, 0.1) is 12.6 Å². The van der Waals surface area contributed by atoms with Crippen LogP contribution in [0.4, 0.5) is 0 Å². The third-order valence-corrected chi connectivity index (χ3v) is 2.86. The monoisotopic (exact) mass is 264 g/mol. The number of carbonyl (C=O) groups is 1. The number of para-hydroxylation sites is 1. The van der Waals surface area contributed by atoms with Crippen LogP contribution in [0, 0.1) is 5.92 Å². The summed E-state index contributed by atoms with van der Waals surface area (Å²) in [7, 11) is 1.76. The van der Waals surface area contributed by atoms with E-state index in [4.69, 9.17) is 10.5 Å². The van der Waals surface area contributed by atoms with Gasteiger partial charge in [0.2, 0.25) is 5.91 Å². The standard InChI is InChI=1S/C15H24N2O2/c1-12(2)11-14(16)15(18)17(3)9-10-19-13-7-5-4-6-8-13/h4-8,12,14H,9-11,16H2,1-3H3/t14-/m0/s1. The fourth-order valence-corrected chi connectivity index (χ4v) is 1.82. The molecular weight excluding hydrogens is 240 g/mol. The van der Waals surface area contributed by atoms with Crippen molar-refractivity contribution in [2.75, 3.05) is 20.2 Å². The highest BCUT2D eigenvalue weighted by Gasteiger charge is 2.18. The Morgan fingerprint density at radius 2 is 1.95 bits per heavy atom. The molecule has 1 amide bonds. The summed E-state index contributed by atoms with van der Waals surface area (Å²) < 4.78 is 5.55. The van der Waals surface area contributed by atoms with E-state index in [1.54, 1.807) is 11.9 Å². The van der Waals surface area contributed by atoms with Crippen LogP contribution in [0.3, 0.4) is 0 Å². The number of benzene rings is 1. The number of carbonyl (C=O) groups excluding carboxylic acids is 1. The van der Waals surface area contributed by atoms with Crippen molar-refractivity contribution in [3.8, 4) is 5.75 Å². The van der Waals surface area contributed by atoms with E-state index in [1.807, 2.05) is 30.3 Å². The molecule has 0 aromatic heterocycles. The molecular formula is C15H24N2O2. The summed E-state index contributed by atoms with van der Waals surface area (Å²) >= 11 is 0. The Kier molecular flexibility index (Phi) is 6.36. The number of hydrogen-bond acceptors (Lipinski definition) is 3. The Morgan fingerprint density at radius 3 is 2.53 bits per heavy atom. The van der Waals surface area contributed by atoms with Crippen molar-refractivity contribution in [2.45, 2.75) is 26.3 Å². The zero-order valence-electron chi connectivity index (χ0n) is 12.0. The second kappa shape index (κ2) is 7.79. The van der Waals surface area contributed by atoms with Gasteiger partial charge >= 0.3 is 0 Å². The van der Waals surface area contributed by atoms with Crippen molar-refractivity contribution in [3.63, 3.8) is 0 Å². The highest BCUT2D eigenvalue weighted by Crippen LogP contribution is 2.08. The number of rotatable bonds is 7. The molecule has 0 unspecified atom stereocenters. The maximum Gasteiger partial charge on any atom is 0.239 e. The van der Waals surface area contributed by atoms with E-state index < -0.39 is 6.04 Å². The van der Waals surface area contributed by atoms with E-state index in [1.165, 1.54) is 0 Å². The molecule has 0 aliphatic carbocycles. The van der Waals surface area contributed by atoms with Gasteiger partial charge in [0.25, 0.3) is 0 Å². The van der Waals surface area contributed by atoms with Gasteiger partial charge in [-0.05, 0) is 24.5 Å². The average Bonchev–Trinajstić information content (AvgIpc) is 2.38. The molecule has 0 saturated carbocycles. The molecule has 0 saturated heterocycles. The zero-order chi connectivity index (χ0) is 14.3. The van der Waals surface area contributed by atoms with E-state index in [2.05, 4.69) is 13.8 Å². The van der Waals surface area contributed by atoms with Gasteiger partial charge in [-0.2, -0.15) is 0 Å². The topological polar surface area (TPSA) is 55.6 Å². The van der Waals surface area contributed by atoms with Gasteiger partial charge in [-0.25, -0.2) is 0 Å². The second-order valence-electron chi connectivity index (χ2n) is 5.16. The Morgan fingerprint density at radius 1 is 1.32 bits per heavy atom. The quantitative estimate of drug-likeness (QED) is 0.818. The zero-order valence-corrected chi connectivity index (χ0v) is 12.0. The predicted molar refractivity (Wildman–Crippen MR) is 77.0 cm³/mol. The molecule has 2 N–H and O–H groups in total. The van der Waals surface area contributed by atoms with Gasteiger partial charge in [-0.3, -0.25) is 4.79 Å². The van der Waals surface area contributed by atoms with Crippen LogP contribution in [-0.2, 0) is 4.79 Å². The molecule has 0 aliphatic rings. The lowest BCUT2D eigenvalue weighted by atomic mass is 10.0. The normalized spacial score (nSPS) is 12.3. The van der Waals surface area contributed by atoms with Gasteiger partial charge in [0.15, 0.2) is 0 Å². The molecule has 0 heterocycles. The summed E-state index contributed by atoms with van der Waals surface area (Å²) in [4.78, 5) is 13.6. The highest BCUT2D eigenvalue weighted by atomic mass is 16.5. The minimum Gasteiger partial charge on any atom is -0.492 e. The molecule has 0 spiro atoms. The third-order valence-electron chi connectivity index (χ3n) is 2.86. The van der Waals surface area contributed by atoms with Crippen LogP contribution < -0.4 is 10.5 Å². The Hall–Kier alpha value is -1.55. The highest BCUT2D eigenvalue weighted by molar-refractivity contribution is 5.81. The number of nitrogens with zero attached hydrogens (tertiary/aromatic N) is 1. The summed E-state index contributed by atoms with van der Waals surface area (Å²) in [6, 6.07) is 9.15. The van der Waals surface area contributed by atoms with Crippen LogP contribution in [0.5, 0.6) is 5.75 Å². The molecule has 4 heteroatoms. The minimum absolute atomic E-state index is 0.0228. The molecule has 0 radical (unpaired) electrons. The maximum atomic E-state index is 12.0. The predicted octanol–water partition coefficient (Wildman–Crippen LogP) is 1.90. The van der Waals surface area contributed by atoms with E-state index in [0.717, 1.165) is 5.75 Å². The molecule has 1 atom stereocenters. The van der Waals surface area contributed by atoms with Crippen molar-refractivity contribution in [1.29, 1.82) is 0 Å². The number of hydrogen-bond donors (Lipinski definition) is 1. The summed E-state index contributed by atoms with van der Waals surface area (Å²) in [5.41, 5.74) is 5.87. The molecule has 1 aromatic carbocycles. The van der Waals surface area contributed by atoms with Crippen LogP contribution in [0.25, 0.3) is 0 Å². The smallest absolute Gasteiger partial charge is 0.239 e. The molecule has 19 heavy (non-hydrogen) atoms. The maximum absolute atomic E-state index is 12.0. The van der Waals surface area contributed by atoms with Crippen LogP contribution in [0.15, 0.2) is 30.3 Å². The first-order valence-electron chi connectivity index (χ1n) is 6.69. The van der Waals surface area contributed by atoms with Gasteiger partial charge in [0.1, 0.15) is 12.4 Å². The molecule has 0 bridgehead atoms. The largest absolute Gasteiger partial charge is 0.492 e. The fourth-order valence-electron chi connectivity index (χ4n) is 1.82. The Balaban J connectivity index is 2.30. The number of likely N-dealkylation sites (N-methyl/N-ethyl adjacent to an activating group) is 1. The minimum atomic E-state index is -0.415. The van der Waals surface area contributed by atoms with E-state index in [-0.39, 0.29) is 5.91 Å². The molecule has 106 valence electrons. The molecule has 1 aromatic rings. The second-order valence-corrected chi connectivity index (χ2v) is 5.16. The third kappa shape index (κ3) is 5.75. The molecule has 4 nitrogen and oxygen atoms in total. The first kappa shape index (κ1) is 15.5. The van der Waals surface area contributed by atoms with Crippen LogP contribution >= 0.6 is 0 Å². The van der Waals surface area contributed by atoms with E-state index in [9.17, 15) is 4.79 Å². The summed E-state index contributed by atoms with van der Waals surface area (Å²) in [5, 5.41) is 0. The van der Waals surface area contributed by atoms with Crippen molar-refractivity contribution in [3.05, 3.63) is 30.3 Å². The SMILES string of the molecule is CC(C)C[C@H](N)C(=O)N(C)CCOc1ccccc1. The van der Waals surface area contributed by atoms with Crippen molar-refractivity contribution < 1.29 is 9.53 Å². The van der Waals surface area contributed by atoms with Gasteiger partial charge in [0, 0.05) is 7.05 Å². The van der Waals surface area contributed by atoms with Crippen LogP contribution in [0.2, 0.25) is 0 Å². The van der Waals surface area contributed by atoms with Crippen molar-refractivity contribution in [2.24, 2.45) is 11.7 Å². The fraction of sp³-hybridized carbons (Fsp3) is 0.533. The average molecular weight is 264 g/mol. The van der Waals surface area contributed by atoms with Crippen molar-refractivity contribution in [1.82, 2.24) is 4.90 Å². The van der Waals surface area contributed by atoms with Gasteiger partial charge < -0.3 is 15.4 Å². The van der Waals surface area contributed by atoms with Gasteiger partial charge in [-0.15, -0.1) is 0 Å². The molecule has 1 rings (SSSR count). The van der Waals surface area contributed by atoms with E-state index >= 15 is 0 Å².